The Morgan fingerprint density at radius 1 is 1.26 bits per heavy atom. The summed E-state index contributed by atoms with van der Waals surface area (Å²) in [5.74, 6) is -1.08. The SMILES string of the molecule is CC(C)n1ccn(-c2ccc(C3CC(C(=O)O)CN3)cc2)c1=O. The number of carboxylic acids is 1. The number of hydrogen-bond donors (Lipinski definition) is 2. The maximum atomic E-state index is 12.3. The van der Waals surface area contributed by atoms with Gasteiger partial charge in [0.25, 0.3) is 0 Å². The van der Waals surface area contributed by atoms with Crippen LogP contribution in [0.15, 0.2) is 41.5 Å². The van der Waals surface area contributed by atoms with Crippen LogP contribution in [-0.4, -0.2) is 26.8 Å². The van der Waals surface area contributed by atoms with Crippen LogP contribution in [0.2, 0.25) is 0 Å². The Morgan fingerprint density at radius 2 is 1.96 bits per heavy atom. The first-order chi connectivity index (χ1) is 11.0. The van der Waals surface area contributed by atoms with Gasteiger partial charge < -0.3 is 10.4 Å². The summed E-state index contributed by atoms with van der Waals surface area (Å²) in [6, 6.07) is 7.89. The largest absolute Gasteiger partial charge is 0.481 e. The highest BCUT2D eigenvalue weighted by atomic mass is 16.4. The van der Waals surface area contributed by atoms with E-state index in [-0.39, 0.29) is 23.7 Å². The smallest absolute Gasteiger partial charge is 0.332 e. The molecule has 2 aromatic rings. The highest BCUT2D eigenvalue weighted by Crippen LogP contribution is 2.27. The number of imidazole rings is 1. The Bertz CT molecular complexity index is 758. The van der Waals surface area contributed by atoms with E-state index in [4.69, 9.17) is 5.11 Å². The predicted octanol–water partition coefficient (Wildman–Crippen LogP) is 1.96. The molecule has 2 N–H and O–H groups in total. The molecule has 0 saturated carbocycles. The van der Waals surface area contributed by atoms with Crippen molar-refractivity contribution in [2.75, 3.05) is 6.54 Å². The molecular weight excluding hydrogens is 294 g/mol. The average molecular weight is 315 g/mol. The van der Waals surface area contributed by atoms with Gasteiger partial charge in [0.05, 0.1) is 11.6 Å². The molecule has 1 aliphatic rings. The molecule has 3 rings (SSSR count). The van der Waals surface area contributed by atoms with Crippen molar-refractivity contribution in [3.8, 4) is 5.69 Å². The minimum Gasteiger partial charge on any atom is -0.481 e. The molecular formula is C17H21N3O3. The van der Waals surface area contributed by atoms with Crippen molar-refractivity contribution in [3.05, 3.63) is 52.7 Å². The van der Waals surface area contributed by atoms with E-state index in [1.54, 1.807) is 21.5 Å². The maximum absolute atomic E-state index is 12.3. The summed E-state index contributed by atoms with van der Waals surface area (Å²) in [4.78, 5) is 23.4. The quantitative estimate of drug-likeness (QED) is 0.904. The van der Waals surface area contributed by atoms with E-state index in [0.29, 0.717) is 13.0 Å². The third kappa shape index (κ3) is 2.94. The molecule has 2 unspecified atom stereocenters. The number of nitrogens with one attached hydrogen (secondary N) is 1. The molecule has 6 nitrogen and oxygen atoms in total. The Morgan fingerprint density at radius 3 is 2.48 bits per heavy atom. The van der Waals surface area contributed by atoms with Gasteiger partial charge in [-0.05, 0) is 38.0 Å². The summed E-state index contributed by atoms with van der Waals surface area (Å²) in [7, 11) is 0. The molecule has 2 heterocycles. The van der Waals surface area contributed by atoms with Gasteiger partial charge in [0, 0.05) is 31.0 Å². The minimum atomic E-state index is -0.752. The lowest BCUT2D eigenvalue weighted by molar-refractivity contribution is -0.141. The standard InChI is InChI=1S/C17H21N3O3/c1-11(2)19-7-8-20(17(19)23)14-5-3-12(4-6-14)15-9-13(10-18-15)16(21)22/h3-8,11,13,15,18H,9-10H2,1-2H3,(H,21,22). The molecule has 1 aliphatic heterocycles. The lowest BCUT2D eigenvalue weighted by Gasteiger charge is -2.11. The number of carboxylic acid groups (broad SMARTS) is 1. The number of aromatic nitrogens is 2. The highest BCUT2D eigenvalue weighted by Gasteiger charge is 2.29. The fraction of sp³-hybridized carbons (Fsp3) is 0.412. The molecule has 1 aromatic heterocycles. The zero-order valence-corrected chi connectivity index (χ0v) is 13.3. The molecule has 1 saturated heterocycles. The van der Waals surface area contributed by atoms with E-state index in [1.807, 2.05) is 38.1 Å². The molecule has 0 aliphatic carbocycles. The summed E-state index contributed by atoms with van der Waals surface area (Å²) in [6.07, 6.45) is 4.15. The minimum absolute atomic E-state index is 0.0575. The second kappa shape index (κ2) is 6.04. The van der Waals surface area contributed by atoms with Crippen molar-refractivity contribution in [3.63, 3.8) is 0 Å². The van der Waals surface area contributed by atoms with Crippen LogP contribution in [0.3, 0.4) is 0 Å². The van der Waals surface area contributed by atoms with Crippen LogP contribution in [0.5, 0.6) is 0 Å². The topological polar surface area (TPSA) is 76.3 Å². The Labute approximate surface area is 134 Å². The number of aliphatic carboxylic acids is 1. The van der Waals surface area contributed by atoms with Crippen molar-refractivity contribution in [2.45, 2.75) is 32.4 Å². The Kier molecular flexibility index (Phi) is 4.09. The van der Waals surface area contributed by atoms with Gasteiger partial charge in [-0.1, -0.05) is 12.1 Å². The van der Waals surface area contributed by atoms with Crippen LogP contribution in [0.4, 0.5) is 0 Å². The maximum Gasteiger partial charge on any atom is 0.332 e. The fourth-order valence-electron chi connectivity index (χ4n) is 3.02. The van der Waals surface area contributed by atoms with Crippen LogP contribution in [0.25, 0.3) is 5.69 Å². The third-order valence-electron chi connectivity index (χ3n) is 4.41. The predicted molar refractivity (Wildman–Crippen MR) is 86.9 cm³/mol. The van der Waals surface area contributed by atoms with Crippen molar-refractivity contribution in [1.29, 1.82) is 0 Å². The molecule has 1 fully saturated rings. The zero-order chi connectivity index (χ0) is 16.6. The van der Waals surface area contributed by atoms with Gasteiger partial charge in [-0.2, -0.15) is 0 Å². The number of hydrogen-bond acceptors (Lipinski definition) is 3. The van der Waals surface area contributed by atoms with Gasteiger partial charge in [0.1, 0.15) is 0 Å². The van der Waals surface area contributed by atoms with Crippen LogP contribution in [-0.2, 0) is 4.79 Å². The van der Waals surface area contributed by atoms with Crippen LogP contribution < -0.4 is 11.0 Å². The molecule has 6 heteroatoms. The highest BCUT2D eigenvalue weighted by molar-refractivity contribution is 5.70. The van der Waals surface area contributed by atoms with Gasteiger partial charge in [-0.15, -0.1) is 0 Å². The van der Waals surface area contributed by atoms with Crippen LogP contribution in [0.1, 0.15) is 37.9 Å². The monoisotopic (exact) mass is 315 g/mol. The molecule has 0 spiro atoms. The molecule has 122 valence electrons. The van der Waals surface area contributed by atoms with Gasteiger partial charge in [0.15, 0.2) is 0 Å². The number of rotatable bonds is 4. The number of benzene rings is 1. The second-order valence-electron chi connectivity index (χ2n) is 6.27. The summed E-state index contributed by atoms with van der Waals surface area (Å²) < 4.78 is 3.30. The first kappa shape index (κ1) is 15.6. The fourth-order valence-corrected chi connectivity index (χ4v) is 3.02. The second-order valence-corrected chi connectivity index (χ2v) is 6.27. The first-order valence-corrected chi connectivity index (χ1v) is 7.83. The number of carbonyl (C=O) groups is 1. The van der Waals surface area contributed by atoms with E-state index in [0.717, 1.165) is 11.3 Å². The van der Waals surface area contributed by atoms with Crippen molar-refractivity contribution in [1.82, 2.24) is 14.5 Å². The zero-order valence-electron chi connectivity index (χ0n) is 13.3. The van der Waals surface area contributed by atoms with E-state index < -0.39 is 5.97 Å². The summed E-state index contributed by atoms with van der Waals surface area (Å²) >= 11 is 0. The van der Waals surface area contributed by atoms with Gasteiger partial charge >= 0.3 is 11.7 Å². The first-order valence-electron chi connectivity index (χ1n) is 7.83. The lowest BCUT2D eigenvalue weighted by atomic mass is 10.00. The van der Waals surface area contributed by atoms with E-state index in [1.165, 1.54) is 0 Å². The van der Waals surface area contributed by atoms with E-state index in [2.05, 4.69) is 5.32 Å². The molecule has 1 aromatic carbocycles. The van der Waals surface area contributed by atoms with Crippen LogP contribution in [0, 0.1) is 5.92 Å². The molecule has 2 atom stereocenters. The van der Waals surface area contributed by atoms with E-state index in [9.17, 15) is 9.59 Å². The molecule has 0 radical (unpaired) electrons. The molecule has 0 bridgehead atoms. The van der Waals surface area contributed by atoms with Gasteiger partial charge in [-0.3, -0.25) is 13.9 Å². The van der Waals surface area contributed by atoms with Gasteiger partial charge in [0.2, 0.25) is 0 Å². The van der Waals surface area contributed by atoms with Crippen molar-refractivity contribution in [2.24, 2.45) is 5.92 Å². The summed E-state index contributed by atoms with van der Waals surface area (Å²) in [5, 5.41) is 12.3. The molecule has 0 amide bonds. The van der Waals surface area contributed by atoms with Crippen molar-refractivity contribution >= 4 is 5.97 Å². The Hall–Kier alpha value is -2.34. The normalized spacial score (nSPS) is 21.0. The van der Waals surface area contributed by atoms with Crippen LogP contribution >= 0.6 is 0 Å². The summed E-state index contributed by atoms with van der Waals surface area (Å²) in [6.45, 7) is 4.44. The lowest BCUT2D eigenvalue weighted by Crippen LogP contribution is -2.24. The summed E-state index contributed by atoms with van der Waals surface area (Å²) in [5.41, 5.74) is 1.80. The molecule has 23 heavy (non-hydrogen) atoms. The number of nitrogens with zero attached hydrogens (tertiary/aromatic N) is 2. The van der Waals surface area contributed by atoms with Crippen molar-refractivity contribution < 1.29 is 9.90 Å². The van der Waals surface area contributed by atoms with Gasteiger partial charge in [-0.25, -0.2) is 4.79 Å². The average Bonchev–Trinajstić information content (AvgIpc) is 3.14. The third-order valence-corrected chi connectivity index (χ3v) is 4.41. The van der Waals surface area contributed by atoms with E-state index >= 15 is 0 Å². The Balaban J connectivity index is 1.81.